The molecule has 120 valence electrons. The van der Waals surface area contributed by atoms with E-state index in [9.17, 15) is 9.59 Å². The van der Waals surface area contributed by atoms with Crippen molar-refractivity contribution in [3.8, 4) is 0 Å². The summed E-state index contributed by atoms with van der Waals surface area (Å²) in [5.41, 5.74) is 2.12. The number of esters is 2. The van der Waals surface area contributed by atoms with Gasteiger partial charge in [-0.1, -0.05) is 6.07 Å². The van der Waals surface area contributed by atoms with Gasteiger partial charge in [0.25, 0.3) is 0 Å². The molecule has 0 spiro atoms. The van der Waals surface area contributed by atoms with Crippen LogP contribution in [0.3, 0.4) is 0 Å². The van der Waals surface area contributed by atoms with Crippen molar-refractivity contribution in [2.75, 3.05) is 14.2 Å². The summed E-state index contributed by atoms with van der Waals surface area (Å²) in [6.07, 6.45) is 4.84. The molecule has 0 bridgehead atoms. The summed E-state index contributed by atoms with van der Waals surface area (Å²) in [7, 11) is 2.69. The van der Waals surface area contributed by atoms with Crippen molar-refractivity contribution in [2.24, 2.45) is 11.8 Å². The minimum Gasteiger partial charge on any atom is -1.00 e. The van der Waals surface area contributed by atoms with Gasteiger partial charge in [-0.3, -0.25) is 9.59 Å². The predicted molar refractivity (Wildman–Crippen MR) is 75.8 cm³/mol. The van der Waals surface area contributed by atoms with Crippen LogP contribution in [0.2, 0.25) is 0 Å². The Hall–Kier alpha value is -1.69. The van der Waals surface area contributed by atoms with E-state index in [1.807, 2.05) is 42.1 Å². The Bertz CT molecular complexity index is 571. The van der Waals surface area contributed by atoms with E-state index in [1.54, 1.807) is 0 Å². The summed E-state index contributed by atoms with van der Waals surface area (Å²) in [5.74, 6) is -1.71. The maximum Gasteiger partial charge on any atom is 0.310 e. The lowest BCUT2D eigenvalue weighted by atomic mass is 9.78. The first-order chi connectivity index (χ1) is 10.1. The molecule has 1 aliphatic rings. The Kier molecular flexibility index (Phi) is 6.74. The second-order valence-corrected chi connectivity index (χ2v) is 5.18. The molecule has 1 aromatic heterocycles. The fourth-order valence-corrected chi connectivity index (χ4v) is 2.82. The molecule has 1 heterocycles. The quantitative estimate of drug-likeness (QED) is 0.484. The summed E-state index contributed by atoms with van der Waals surface area (Å²) in [4.78, 5) is 23.9. The maximum absolute atomic E-state index is 12.0. The SMILES string of the molecule is COC(=O)[C@H]1CC(C)=C([n+]2ccccc2)C[C@@H]1C(=O)OC.[Br-]. The fraction of sp³-hybridized carbons (Fsp3) is 0.438. The lowest BCUT2D eigenvalue weighted by molar-refractivity contribution is -0.585. The first-order valence-electron chi connectivity index (χ1n) is 6.89. The van der Waals surface area contributed by atoms with Gasteiger partial charge < -0.3 is 26.5 Å². The lowest BCUT2D eigenvalue weighted by Crippen LogP contribution is -3.00. The highest BCUT2D eigenvalue weighted by atomic mass is 79.9. The Balaban J connectivity index is 0.00000242. The highest BCUT2D eigenvalue weighted by Gasteiger charge is 2.42. The number of aromatic nitrogens is 1. The monoisotopic (exact) mass is 369 g/mol. The van der Waals surface area contributed by atoms with E-state index in [4.69, 9.17) is 9.47 Å². The van der Waals surface area contributed by atoms with Gasteiger partial charge >= 0.3 is 11.9 Å². The summed E-state index contributed by atoms with van der Waals surface area (Å²) in [5, 5.41) is 0. The van der Waals surface area contributed by atoms with Gasteiger partial charge in [-0.15, -0.1) is 0 Å². The standard InChI is InChI=1S/C16H20NO4.BrH/c1-11-9-12(15(18)20-2)13(16(19)21-3)10-14(11)17-7-5-4-6-8-17;/h4-8,12-13H,9-10H2,1-3H3;1H/q+1;/p-1/t12-,13-;/m0./s1. The molecule has 0 fully saturated rings. The Labute approximate surface area is 140 Å². The Morgan fingerprint density at radius 2 is 1.50 bits per heavy atom. The van der Waals surface area contributed by atoms with Crippen LogP contribution in [-0.2, 0) is 19.1 Å². The van der Waals surface area contributed by atoms with Crippen LogP contribution in [0.1, 0.15) is 19.8 Å². The molecule has 2 atom stereocenters. The molecule has 0 aliphatic heterocycles. The van der Waals surface area contributed by atoms with Gasteiger partial charge in [-0.25, -0.2) is 0 Å². The highest BCUT2D eigenvalue weighted by molar-refractivity contribution is 5.84. The molecule has 0 unspecified atom stereocenters. The summed E-state index contributed by atoms with van der Waals surface area (Å²) in [6.45, 7) is 1.98. The second-order valence-electron chi connectivity index (χ2n) is 5.18. The van der Waals surface area contributed by atoms with Gasteiger partial charge in [-0.05, 0) is 18.9 Å². The van der Waals surface area contributed by atoms with Crippen molar-refractivity contribution in [1.82, 2.24) is 0 Å². The van der Waals surface area contributed by atoms with Crippen molar-refractivity contribution >= 4 is 17.6 Å². The van der Waals surface area contributed by atoms with E-state index in [0.29, 0.717) is 12.8 Å². The molecule has 0 radical (unpaired) electrons. The van der Waals surface area contributed by atoms with E-state index >= 15 is 0 Å². The lowest BCUT2D eigenvalue weighted by Gasteiger charge is -2.27. The number of nitrogens with zero attached hydrogens (tertiary/aromatic N) is 1. The second kappa shape index (κ2) is 8.08. The van der Waals surface area contributed by atoms with Crippen LogP contribution in [0, 0.1) is 11.8 Å². The third kappa shape index (κ3) is 3.74. The molecule has 0 amide bonds. The van der Waals surface area contributed by atoms with Crippen molar-refractivity contribution in [1.29, 1.82) is 0 Å². The van der Waals surface area contributed by atoms with E-state index in [-0.39, 0.29) is 28.9 Å². The van der Waals surface area contributed by atoms with Crippen LogP contribution in [0.4, 0.5) is 0 Å². The average Bonchev–Trinajstić information content (AvgIpc) is 2.53. The van der Waals surface area contributed by atoms with Gasteiger partial charge in [0.1, 0.15) is 0 Å². The van der Waals surface area contributed by atoms with Crippen molar-refractivity contribution < 1.29 is 40.6 Å². The number of ether oxygens (including phenoxy) is 2. The van der Waals surface area contributed by atoms with Crippen LogP contribution in [0.15, 0.2) is 36.2 Å². The van der Waals surface area contributed by atoms with E-state index in [1.165, 1.54) is 14.2 Å². The summed E-state index contributed by atoms with van der Waals surface area (Å²) >= 11 is 0. The smallest absolute Gasteiger partial charge is 0.310 e. The van der Waals surface area contributed by atoms with E-state index in [0.717, 1.165) is 11.3 Å². The van der Waals surface area contributed by atoms with E-state index < -0.39 is 11.8 Å². The van der Waals surface area contributed by atoms with Crippen LogP contribution < -0.4 is 21.5 Å². The van der Waals surface area contributed by atoms with Crippen molar-refractivity contribution in [3.63, 3.8) is 0 Å². The van der Waals surface area contributed by atoms with Gasteiger partial charge in [0.2, 0.25) is 0 Å². The molecule has 0 aromatic carbocycles. The molecule has 5 nitrogen and oxygen atoms in total. The van der Waals surface area contributed by atoms with Crippen LogP contribution >= 0.6 is 0 Å². The zero-order chi connectivity index (χ0) is 15.4. The van der Waals surface area contributed by atoms with E-state index in [2.05, 4.69) is 0 Å². The summed E-state index contributed by atoms with van der Waals surface area (Å²) in [6, 6.07) is 5.80. The molecule has 22 heavy (non-hydrogen) atoms. The highest BCUT2D eigenvalue weighted by Crippen LogP contribution is 2.35. The number of carbonyl (C=O) groups excluding carboxylic acids is 2. The normalized spacial score (nSPS) is 20.9. The van der Waals surface area contributed by atoms with Crippen LogP contribution in [0.25, 0.3) is 5.70 Å². The van der Waals surface area contributed by atoms with Gasteiger partial charge in [-0.2, -0.15) is 4.57 Å². The fourth-order valence-electron chi connectivity index (χ4n) is 2.82. The number of allylic oxidation sites excluding steroid dienone is 2. The molecular weight excluding hydrogens is 350 g/mol. The number of pyridine rings is 1. The van der Waals surface area contributed by atoms with Crippen molar-refractivity contribution in [3.05, 3.63) is 36.2 Å². The van der Waals surface area contributed by atoms with Crippen molar-refractivity contribution in [2.45, 2.75) is 19.8 Å². The van der Waals surface area contributed by atoms with Gasteiger partial charge in [0, 0.05) is 18.6 Å². The number of methoxy groups -OCH3 is 2. The van der Waals surface area contributed by atoms with Crippen LogP contribution in [0.5, 0.6) is 0 Å². The number of halogens is 1. The Morgan fingerprint density at radius 3 is 2.00 bits per heavy atom. The topological polar surface area (TPSA) is 56.5 Å². The zero-order valence-corrected chi connectivity index (χ0v) is 14.5. The molecule has 0 saturated heterocycles. The Morgan fingerprint density at radius 1 is 1.00 bits per heavy atom. The maximum atomic E-state index is 12.0. The molecule has 0 N–H and O–H groups in total. The number of rotatable bonds is 3. The largest absolute Gasteiger partial charge is 1.00 e. The van der Waals surface area contributed by atoms with Gasteiger partial charge in [0.05, 0.1) is 26.1 Å². The minimum atomic E-state index is -0.506. The molecule has 2 rings (SSSR count). The zero-order valence-electron chi connectivity index (χ0n) is 12.9. The average molecular weight is 370 g/mol. The molecular formula is C16H20BrNO4. The number of hydrogen-bond donors (Lipinski definition) is 0. The molecule has 0 saturated carbocycles. The third-order valence-electron chi connectivity index (χ3n) is 3.95. The molecule has 1 aromatic rings. The molecule has 6 heteroatoms. The van der Waals surface area contributed by atoms with Gasteiger partial charge in [0.15, 0.2) is 18.1 Å². The van der Waals surface area contributed by atoms with Crippen LogP contribution in [-0.4, -0.2) is 26.2 Å². The first-order valence-corrected chi connectivity index (χ1v) is 6.89. The number of carbonyl (C=O) groups is 2. The minimum absolute atomic E-state index is 0. The summed E-state index contributed by atoms with van der Waals surface area (Å²) < 4.78 is 11.7. The molecule has 1 aliphatic carbocycles. The third-order valence-corrected chi connectivity index (χ3v) is 3.95. The predicted octanol–water partition coefficient (Wildman–Crippen LogP) is -1.42. The number of hydrogen-bond acceptors (Lipinski definition) is 4. The first kappa shape index (κ1) is 18.4.